The normalized spacial score (nSPS) is 10.4. The fourth-order valence-corrected chi connectivity index (χ4v) is 3.59. The van der Waals surface area contributed by atoms with Crippen molar-refractivity contribution in [1.82, 2.24) is 4.98 Å². The highest BCUT2D eigenvalue weighted by atomic mass is 32.1. The average molecular weight is 413 g/mol. The smallest absolute Gasteiger partial charge is 0.310 e. The van der Waals surface area contributed by atoms with Crippen LogP contribution in [-0.4, -0.2) is 31.8 Å². The van der Waals surface area contributed by atoms with Crippen molar-refractivity contribution in [3.8, 4) is 27.8 Å². The summed E-state index contributed by atoms with van der Waals surface area (Å²) in [6, 6.07) is 13.1. The summed E-state index contributed by atoms with van der Waals surface area (Å²) in [5, 5.41) is 2.70. The summed E-state index contributed by atoms with van der Waals surface area (Å²) in [7, 11) is 3.19. The highest BCUT2D eigenvalue weighted by molar-refractivity contribution is 7.13. The molecule has 1 aromatic heterocycles. The van der Waals surface area contributed by atoms with Gasteiger partial charge in [-0.05, 0) is 31.2 Å². The molecule has 3 aromatic rings. The van der Waals surface area contributed by atoms with E-state index in [0.717, 1.165) is 16.1 Å². The van der Waals surface area contributed by atoms with Gasteiger partial charge in [-0.1, -0.05) is 18.2 Å². The molecule has 0 bridgehead atoms. The number of aromatic nitrogens is 1. The van der Waals surface area contributed by atoms with Crippen molar-refractivity contribution in [2.24, 2.45) is 0 Å². The monoisotopic (exact) mass is 413 g/mol. The van der Waals surface area contributed by atoms with Crippen molar-refractivity contribution in [1.29, 1.82) is 0 Å². The highest BCUT2D eigenvalue weighted by Gasteiger charge is 2.13. The minimum absolute atomic E-state index is 0.124. The van der Waals surface area contributed by atoms with Crippen molar-refractivity contribution in [3.63, 3.8) is 0 Å². The Hall–Kier alpha value is -3.06. The second-order valence-corrected chi connectivity index (χ2v) is 6.95. The first-order chi connectivity index (χ1) is 14.1. The lowest BCUT2D eigenvalue weighted by atomic mass is 10.1. The first-order valence-corrected chi connectivity index (χ1v) is 10.1. The summed E-state index contributed by atoms with van der Waals surface area (Å²) in [6.07, 6.45) is 0.150. The minimum Gasteiger partial charge on any atom is -0.496 e. The maximum atomic E-state index is 12.2. The number of methoxy groups -OCH3 is 2. The lowest BCUT2D eigenvalue weighted by molar-refractivity contribution is -0.144. The third kappa shape index (κ3) is 5.26. The molecule has 0 saturated heterocycles. The largest absolute Gasteiger partial charge is 0.496 e. The van der Waals surface area contributed by atoms with Gasteiger partial charge in [0.2, 0.25) is 0 Å². The predicted octanol–water partition coefficient (Wildman–Crippen LogP) is 4.51. The van der Waals surface area contributed by atoms with Crippen LogP contribution in [0.3, 0.4) is 0 Å². The van der Waals surface area contributed by atoms with Crippen LogP contribution >= 0.6 is 11.3 Å². The number of carbonyl (C=O) groups excluding carboxylic acids is 1. The van der Waals surface area contributed by atoms with Crippen LogP contribution in [0.4, 0.5) is 0 Å². The third-order valence-electron chi connectivity index (χ3n) is 4.17. The number of rotatable bonds is 9. The SMILES string of the molecule is CCOc1ccc(-c2nc(COC(=O)Cc3ccccc3OC)cs2)cc1OC. The summed E-state index contributed by atoms with van der Waals surface area (Å²) < 4.78 is 21.6. The van der Waals surface area contributed by atoms with Crippen LogP contribution in [0.1, 0.15) is 18.2 Å². The van der Waals surface area contributed by atoms with E-state index in [9.17, 15) is 4.79 Å². The van der Waals surface area contributed by atoms with Gasteiger partial charge < -0.3 is 18.9 Å². The van der Waals surface area contributed by atoms with Gasteiger partial charge in [0.05, 0.1) is 32.9 Å². The molecule has 152 valence electrons. The number of para-hydroxylation sites is 1. The van der Waals surface area contributed by atoms with Crippen LogP contribution in [-0.2, 0) is 22.6 Å². The number of thiazole rings is 1. The molecule has 3 rings (SSSR count). The molecule has 6 nitrogen and oxygen atoms in total. The van der Waals surface area contributed by atoms with E-state index in [2.05, 4.69) is 4.98 Å². The molecule has 0 aliphatic heterocycles. The summed E-state index contributed by atoms with van der Waals surface area (Å²) >= 11 is 1.48. The van der Waals surface area contributed by atoms with Crippen molar-refractivity contribution in [3.05, 3.63) is 59.1 Å². The zero-order valence-electron chi connectivity index (χ0n) is 16.6. The van der Waals surface area contributed by atoms with Crippen LogP contribution < -0.4 is 14.2 Å². The predicted molar refractivity (Wildman–Crippen MR) is 112 cm³/mol. The Balaban J connectivity index is 1.62. The van der Waals surface area contributed by atoms with Gasteiger partial charge in [0.25, 0.3) is 0 Å². The zero-order valence-corrected chi connectivity index (χ0v) is 17.5. The van der Waals surface area contributed by atoms with Gasteiger partial charge in [-0.15, -0.1) is 11.3 Å². The molecule has 0 aliphatic rings. The van der Waals surface area contributed by atoms with Crippen molar-refractivity contribution < 1.29 is 23.7 Å². The lowest BCUT2D eigenvalue weighted by Gasteiger charge is -2.10. The summed E-state index contributed by atoms with van der Waals surface area (Å²) in [4.78, 5) is 16.7. The van der Waals surface area contributed by atoms with Gasteiger partial charge in [0.15, 0.2) is 11.5 Å². The molecule has 0 radical (unpaired) electrons. The first kappa shape index (κ1) is 20.7. The van der Waals surface area contributed by atoms with E-state index >= 15 is 0 Å². The molecule has 2 aromatic carbocycles. The number of hydrogen-bond acceptors (Lipinski definition) is 7. The van der Waals surface area contributed by atoms with Gasteiger partial charge in [0, 0.05) is 16.5 Å². The highest BCUT2D eigenvalue weighted by Crippen LogP contribution is 2.33. The van der Waals surface area contributed by atoms with Gasteiger partial charge in [-0.3, -0.25) is 4.79 Å². The molecular formula is C22H23NO5S. The van der Waals surface area contributed by atoms with E-state index in [4.69, 9.17) is 18.9 Å². The Morgan fingerprint density at radius 3 is 2.59 bits per heavy atom. The van der Waals surface area contributed by atoms with Crippen LogP contribution in [0.5, 0.6) is 17.2 Å². The Kier molecular flexibility index (Phi) is 7.08. The van der Waals surface area contributed by atoms with E-state index in [-0.39, 0.29) is 19.0 Å². The summed E-state index contributed by atoms with van der Waals surface area (Å²) in [5.41, 5.74) is 2.41. The lowest BCUT2D eigenvalue weighted by Crippen LogP contribution is -2.09. The van der Waals surface area contributed by atoms with E-state index in [0.29, 0.717) is 29.5 Å². The first-order valence-electron chi connectivity index (χ1n) is 9.17. The maximum Gasteiger partial charge on any atom is 0.310 e. The van der Waals surface area contributed by atoms with E-state index < -0.39 is 0 Å². The molecule has 0 unspecified atom stereocenters. The second kappa shape index (κ2) is 9.93. The quantitative estimate of drug-likeness (QED) is 0.481. The van der Waals surface area contributed by atoms with Crippen LogP contribution in [0.25, 0.3) is 10.6 Å². The van der Waals surface area contributed by atoms with Crippen molar-refractivity contribution in [2.75, 3.05) is 20.8 Å². The summed E-state index contributed by atoms with van der Waals surface area (Å²) in [6.45, 7) is 2.62. The molecular weight excluding hydrogens is 390 g/mol. The van der Waals surface area contributed by atoms with Crippen LogP contribution in [0.2, 0.25) is 0 Å². The standard InChI is InChI=1S/C22H23NO5S/c1-4-27-19-10-9-16(11-20(19)26-3)22-23-17(14-29-22)13-28-21(24)12-15-7-5-6-8-18(15)25-2/h5-11,14H,4,12-13H2,1-3H3. The number of nitrogens with zero attached hydrogens (tertiary/aromatic N) is 1. The molecule has 1 heterocycles. The fraction of sp³-hybridized carbons (Fsp3) is 0.273. The Bertz CT molecular complexity index is 969. The van der Waals surface area contributed by atoms with Gasteiger partial charge in [0.1, 0.15) is 17.4 Å². The number of carbonyl (C=O) groups is 1. The molecule has 0 amide bonds. The topological polar surface area (TPSA) is 66.9 Å². The molecule has 0 spiro atoms. The number of esters is 1. The Morgan fingerprint density at radius 2 is 1.83 bits per heavy atom. The van der Waals surface area contributed by atoms with Gasteiger partial charge in [-0.25, -0.2) is 4.98 Å². The van der Waals surface area contributed by atoms with E-state index in [1.807, 2.05) is 54.8 Å². The minimum atomic E-state index is -0.327. The Morgan fingerprint density at radius 1 is 1.03 bits per heavy atom. The third-order valence-corrected chi connectivity index (χ3v) is 5.11. The molecule has 0 saturated carbocycles. The van der Waals surface area contributed by atoms with E-state index in [1.54, 1.807) is 14.2 Å². The molecule has 0 aliphatic carbocycles. The summed E-state index contributed by atoms with van der Waals surface area (Å²) in [5.74, 6) is 1.70. The van der Waals surface area contributed by atoms with Crippen LogP contribution in [0, 0.1) is 0 Å². The number of benzene rings is 2. The average Bonchev–Trinajstić information content (AvgIpc) is 3.22. The molecule has 7 heteroatoms. The van der Waals surface area contributed by atoms with Gasteiger partial charge in [-0.2, -0.15) is 0 Å². The van der Waals surface area contributed by atoms with Crippen molar-refractivity contribution >= 4 is 17.3 Å². The van der Waals surface area contributed by atoms with E-state index in [1.165, 1.54) is 11.3 Å². The molecule has 0 N–H and O–H groups in total. The molecule has 0 fully saturated rings. The number of hydrogen-bond donors (Lipinski definition) is 0. The fourth-order valence-electron chi connectivity index (χ4n) is 2.79. The zero-order chi connectivity index (χ0) is 20.6. The second-order valence-electron chi connectivity index (χ2n) is 6.09. The van der Waals surface area contributed by atoms with Gasteiger partial charge >= 0.3 is 5.97 Å². The molecule has 29 heavy (non-hydrogen) atoms. The van der Waals surface area contributed by atoms with Crippen molar-refractivity contribution in [2.45, 2.75) is 20.0 Å². The molecule has 0 atom stereocenters. The maximum absolute atomic E-state index is 12.2. The van der Waals surface area contributed by atoms with Crippen LogP contribution in [0.15, 0.2) is 47.8 Å². The Labute approximate surface area is 174 Å². The number of ether oxygens (including phenoxy) is 4.